The van der Waals surface area contributed by atoms with Gasteiger partial charge in [0.15, 0.2) is 0 Å². The zero-order chi connectivity index (χ0) is 10.6. The fraction of sp³-hybridized carbons (Fsp3) is 0.800. The van der Waals surface area contributed by atoms with Gasteiger partial charge in [-0.15, -0.1) is 0 Å². The number of ether oxygens (including phenoxy) is 2. The molecule has 80 valence electrons. The molecule has 4 nitrogen and oxygen atoms in total. The summed E-state index contributed by atoms with van der Waals surface area (Å²) in [5.74, 6) is -0.356. The van der Waals surface area contributed by atoms with Crippen LogP contribution in [0.2, 0.25) is 0 Å². The summed E-state index contributed by atoms with van der Waals surface area (Å²) in [7, 11) is 0. The van der Waals surface area contributed by atoms with Gasteiger partial charge in [0.25, 0.3) is 0 Å². The van der Waals surface area contributed by atoms with E-state index in [4.69, 9.17) is 9.47 Å². The van der Waals surface area contributed by atoms with Gasteiger partial charge in [0.05, 0.1) is 6.61 Å². The predicted octanol–water partition coefficient (Wildman–Crippen LogP) is 1.28. The standard InChI is InChI=1S/C10H16O4/c1-7(11)13-6-9-4-3-5-10(9)14-8(2)12/h9-10H,3-6H2,1-2H3/t9-,10+/m1/s1. The Balaban J connectivity index is 2.35. The van der Waals surface area contributed by atoms with Crippen LogP contribution in [0.15, 0.2) is 0 Å². The molecular weight excluding hydrogens is 184 g/mol. The topological polar surface area (TPSA) is 52.6 Å². The maximum absolute atomic E-state index is 10.8. The third-order valence-corrected chi connectivity index (χ3v) is 2.41. The van der Waals surface area contributed by atoms with Crippen LogP contribution in [0, 0.1) is 5.92 Å². The molecule has 1 saturated carbocycles. The van der Waals surface area contributed by atoms with Crippen molar-refractivity contribution in [3.05, 3.63) is 0 Å². The SMILES string of the molecule is CC(=O)OC[C@H]1CCC[C@@H]1OC(C)=O. The summed E-state index contributed by atoms with van der Waals surface area (Å²) >= 11 is 0. The molecule has 0 radical (unpaired) electrons. The van der Waals surface area contributed by atoms with Crippen LogP contribution in [-0.2, 0) is 19.1 Å². The first-order chi connectivity index (χ1) is 6.59. The number of hydrogen-bond acceptors (Lipinski definition) is 4. The fourth-order valence-corrected chi connectivity index (χ4v) is 1.79. The minimum Gasteiger partial charge on any atom is -0.465 e. The molecule has 0 unspecified atom stereocenters. The summed E-state index contributed by atoms with van der Waals surface area (Å²) in [6.45, 7) is 3.16. The second kappa shape index (κ2) is 4.98. The lowest BCUT2D eigenvalue weighted by Crippen LogP contribution is -2.25. The van der Waals surface area contributed by atoms with Crippen LogP contribution in [0.25, 0.3) is 0 Å². The average molecular weight is 200 g/mol. The fourth-order valence-electron chi connectivity index (χ4n) is 1.79. The van der Waals surface area contributed by atoms with Crippen molar-refractivity contribution in [2.45, 2.75) is 39.2 Å². The largest absolute Gasteiger partial charge is 0.465 e. The van der Waals surface area contributed by atoms with Gasteiger partial charge in [-0.25, -0.2) is 0 Å². The van der Waals surface area contributed by atoms with E-state index in [1.807, 2.05) is 0 Å². The summed E-state index contributed by atoms with van der Waals surface area (Å²) in [6, 6.07) is 0. The molecule has 2 atom stereocenters. The molecule has 0 aromatic rings. The zero-order valence-corrected chi connectivity index (χ0v) is 8.62. The van der Waals surface area contributed by atoms with Crippen LogP contribution in [0.4, 0.5) is 0 Å². The molecule has 4 heteroatoms. The molecular formula is C10H16O4. The Morgan fingerprint density at radius 3 is 2.50 bits per heavy atom. The Morgan fingerprint density at radius 2 is 1.93 bits per heavy atom. The van der Waals surface area contributed by atoms with E-state index in [0.29, 0.717) is 6.61 Å². The van der Waals surface area contributed by atoms with Gasteiger partial charge in [-0.2, -0.15) is 0 Å². The van der Waals surface area contributed by atoms with E-state index < -0.39 is 0 Å². The predicted molar refractivity (Wildman–Crippen MR) is 49.5 cm³/mol. The highest BCUT2D eigenvalue weighted by Gasteiger charge is 2.30. The third kappa shape index (κ3) is 3.36. The number of carbonyl (C=O) groups excluding carboxylic acids is 2. The molecule has 0 spiro atoms. The van der Waals surface area contributed by atoms with Crippen molar-refractivity contribution in [1.29, 1.82) is 0 Å². The van der Waals surface area contributed by atoms with E-state index in [9.17, 15) is 9.59 Å². The first-order valence-electron chi connectivity index (χ1n) is 4.90. The van der Waals surface area contributed by atoms with Gasteiger partial charge in [0.1, 0.15) is 6.10 Å². The number of rotatable bonds is 3. The Morgan fingerprint density at radius 1 is 1.21 bits per heavy atom. The molecule has 0 N–H and O–H groups in total. The molecule has 14 heavy (non-hydrogen) atoms. The zero-order valence-electron chi connectivity index (χ0n) is 8.62. The van der Waals surface area contributed by atoms with Crippen LogP contribution in [0.3, 0.4) is 0 Å². The van der Waals surface area contributed by atoms with Gasteiger partial charge in [-0.05, 0) is 19.3 Å². The summed E-state index contributed by atoms with van der Waals surface area (Å²) < 4.78 is 10.0. The van der Waals surface area contributed by atoms with Gasteiger partial charge in [0.2, 0.25) is 0 Å². The molecule has 1 fully saturated rings. The lowest BCUT2D eigenvalue weighted by molar-refractivity contribution is -0.151. The second-order valence-electron chi connectivity index (χ2n) is 3.64. The molecule has 0 saturated heterocycles. The maximum atomic E-state index is 10.8. The van der Waals surface area contributed by atoms with Crippen molar-refractivity contribution in [2.24, 2.45) is 5.92 Å². The van der Waals surface area contributed by atoms with Gasteiger partial charge >= 0.3 is 11.9 Å². The average Bonchev–Trinajstić information content (AvgIpc) is 2.47. The van der Waals surface area contributed by atoms with Crippen LogP contribution < -0.4 is 0 Å². The molecule has 1 aliphatic carbocycles. The summed E-state index contributed by atoms with van der Waals surface area (Å²) in [4.78, 5) is 21.4. The Hall–Kier alpha value is -1.06. The smallest absolute Gasteiger partial charge is 0.302 e. The minimum absolute atomic E-state index is 0.0631. The first kappa shape index (κ1) is 11.0. The molecule has 0 aromatic heterocycles. The molecule has 1 rings (SSSR count). The number of hydrogen-bond donors (Lipinski definition) is 0. The lowest BCUT2D eigenvalue weighted by atomic mass is 10.1. The van der Waals surface area contributed by atoms with E-state index in [0.717, 1.165) is 19.3 Å². The van der Waals surface area contributed by atoms with Crippen LogP contribution in [0.1, 0.15) is 33.1 Å². The molecule has 0 aliphatic heterocycles. The van der Waals surface area contributed by atoms with E-state index in [-0.39, 0.29) is 24.0 Å². The molecule has 1 aliphatic rings. The van der Waals surface area contributed by atoms with E-state index in [2.05, 4.69) is 0 Å². The lowest BCUT2D eigenvalue weighted by Gasteiger charge is -2.18. The van der Waals surface area contributed by atoms with E-state index in [1.165, 1.54) is 13.8 Å². The quantitative estimate of drug-likeness (QED) is 0.644. The van der Waals surface area contributed by atoms with Crippen molar-refractivity contribution in [1.82, 2.24) is 0 Å². The molecule has 0 bridgehead atoms. The van der Waals surface area contributed by atoms with Gasteiger partial charge in [-0.1, -0.05) is 0 Å². The Bertz CT molecular complexity index is 224. The molecule has 0 amide bonds. The molecule has 0 aromatic carbocycles. The number of esters is 2. The van der Waals surface area contributed by atoms with Crippen molar-refractivity contribution in [3.63, 3.8) is 0 Å². The highest BCUT2D eigenvalue weighted by atomic mass is 16.6. The number of carbonyl (C=O) groups is 2. The van der Waals surface area contributed by atoms with Crippen molar-refractivity contribution in [2.75, 3.05) is 6.61 Å². The van der Waals surface area contributed by atoms with Crippen molar-refractivity contribution in [3.8, 4) is 0 Å². The Labute approximate surface area is 83.6 Å². The summed E-state index contributed by atoms with van der Waals surface area (Å²) in [6.07, 6.45) is 2.81. The van der Waals surface area contributed by atoms with Crippen molar-refractivity contribution < 1.29 is 19.1 Å². The van der Waals surface area contributed by atoms with E-state index in [1.54, 1.807) is 0 Å². The monoisotopic (exact) mass is 200 g/mol. The van der Waals surface area contributed by atoms with Crippen molar-refractivity contribution >= 4 is 11.9 Å². The highest BCUT2D eigenvalue weighted by molar-refractivity contribution is 5.66. The summed E-state index contributed by atoms with van der Waals surface area (Å²) in [5, 5.41) is 0. The van der Waals surface area contributed by atoms with Gasteiger partial charge < -0.3 is 9.47 Å². The van der Waals surface area contributed by atoms with Crippen LogP contribution in [0.5, 0.6) is 0 Å². The van der Waals surface area contributed by atoms with Crippen LogP contribution in [-0.4, -0.2) is 24.6 Å². The highest BCUT2D eigenvalue weighted by Crippen LogP contribution is 2.28. The maximum Gasteiger partial charge on any atom is 0.302 e. The first-order valence-corrected chi connectivity index (χ1v) is 4.90. The second-order valence-corrected chi connectivity index (χ2v) is 3.64. The molecule has 0 heterocycles. The van der Waals surface area contributed by atoms with Gasteiger partial charge in [0, 0.05) is 19.8 Å². The van der Waals surface area contributed by atoms with E-state index >= 15 is 0 Å². The van der Waals surface area contributed by atoms with Gasteiger partial charge in [-0.3, -0.25) is 9.59 Å². The minimum atomic E-state index is -0.279. The van der Waals surface area contributed by atoms with Crippen LogP contribution >= 0.6 is 0 Å². The third-order valence-electron chi connectivity index (χ3n) is 2.41. The normalized spacial score (nSPS) is 25.9. The Kier molecular flexibility index (Phi) is 3.92. The summed E-state index contributed by atoms with van der Waals surface area (Å²) in [5.41, 5.74) is 0.